The molecule has 2 rings (SSSR count). The van der Waals surface area contributed by atoms with Crippen LogP contribution in [-0.4, -0.2) is 35.8 Å². The number of carbonyl (C=O) groups excluding carboxylic acids is 1. The summed E-state index contributed by atoms with van der Waals surface area (Å²) in [4.78, 5) is 17.5. The van der Waals surface area contributed by atoms with Gasteiger partial charge in [-0.25, -0.2) is 0 Å². The van der Waals surface area contributed by atoms with E-state index < -0.39 is 0 Å². The lowest BCUT2D eigenvalue weighted by atomic mass is 10.2. The molecule has 7 heteroatoms. The Hall–Kier alpha value is -1.53. The van der Waals surface area contributed by atoms with E-state index in [0.29, 0.717) is 0 Å². The first-order chi connectivity index (χ1) is 7.18. The molecule has 7 nitrogen and oxygen atoms in total. The molecule has 0 aromatic carbocycles. The van der Waals surface area contributed by atoms with Crippen molar-refractivity contribution < 1.29 is 19.0 Å². The van der Waals surface area contributed by atoms with Gasteiger partial charge in [-0.3, -0.25) is 9.80 Å². The molecule has 0 radical (unpaired) electrons. The van der Waals surface area contributed by atoms with Gasteiger partial charge < -0.3 is 9.57 Å². The smallest absolute Gasteiger partial charge is 0.311 e. The van der Waals surface area contributed by atoms with Crippen LogP contribution in [-0.2, 0) is 9.53 Å². The van der Waals surface area contributed by atoms with E-state index in [0.717, 1.165) is 19.5 Å². The topological polar surface area (TPSA) is 61.8 Å². The summed E-state index contributed by atoms with van der Waals surface area (Å²) in [5.74, 6) is -0.428. The van der Waals surface area contributed by atoms with Crippen LogP contribution >= 0.6 is 0 Å². The van der Waals surface area contributed by atoms with Crippen LogP contribution in [0.5, 0.6) is 0 Å². The Bertz CT molecular complexity index is 320. The summed E-state index contributed by atoms with van der Waals surface area (Å²) in [5, 5.41) is 3.15. The highest BCUT2D eigenvalue weighted by Crippen LogP contribution is 2.07. The summed E-state index contributed by atoms with van der Waals surface area (Å²) in [5.41, 5.74) is 0. The second-order valence-corrected chi connectivity index (χ2v) is 3.74. The second-order valence-electron chi connectivity index (χ2n) is 3.74. The molecule has 0 amide bonds. The summed E-state index contributed by atoms with van der Waals surface area (Å²) < 4.78 is 9.75. The molecule has 1 aliphatic rings. The number of hydrogen-bond donors (Lipinski definition) is 0. The van der Waals surface area contributed by atoms with Crippen molar-refractivity contribution >= 4 is 5.97 Å². The Morgan fingerprint density at radius 2 is 2.20 bits per heavy atom. The van der Waals surface area contributed by atoms with Crippen LogP contribution in [0.1, 0.15) is 20.3 Å². The lowest BCUT2D eigenvalue weighted by Gasteiger charge is -2.25. The van der Waals surface area contributed by atoms with Crippen LogP contribution in [0.25, 0.3) is 0 Å². The minimum absolute atomic E-state index is 0.124. The summed E-state index contributed by atoms with van der Waals surface area (Å²) in [7, 11) is 0. The molecule has 0 spiro atoms. The van der Waals surface area contributed by atoms with E-state index in [9.17, 15) is 4.79 Å². The van der Waals surface area contributed by atoms with Crippen molar-refractivity contribution in [3.63, 3.8) is 0 Å². The number of aromatic nitrogens is 2. The highest BCUT2D eigenvalue weighted by molar-refractivity contribution is 5.71. The first-order valence-electron chi connectivity index (χ1n) is 5.01. The van der Waals surface area contributed by atoms with E-state index >= 15 is 0 Å². The third-order valence-electron chi connectivity index (χ3n) is 2.17. The van der Waals surface area contributed by atoms with Gasteiger partial charge in [-0.05, 0) is 6.42 Å². The molecule has 1 aromatic heterocycles. The van der Waals surface area contributed by atoms with Gasteiger partial charge in [0, 0.05) is 18.1 Å². The lowest BCUT2D eigenvalue weighted by molar-refractivity contribution is -0.163. The van der Waals surface area contributed by atoms with Gasteiger partial charge in [-0.1, -0.05) is 13.8 Å². The van der Waals surface area contributed by atoms with Crippen LogP contribution in [0, 0.1) is 5.92 Å². The first kappa shape index (κ1) is 10.0. The zero-order valence-corrected chi connectivity index (χ0v) is 8.88. The quantitative estimate of drug-likeness (QED) is 0.505. The molecule has 0 unspecified atom stereocenters. The predicted molar refractivity (Wildman–Crippen MR) is 49.6 cm³/mol. The Kier molecular flexibility index (Phi) is 2.61. The maximum atomic E-state index is 11.0. The molecule has 0 N–H and O–H groups in total. The highest BCUT2D eigenvalue weighted by atomic mass is 17.0. The monoisotopic (exact) mass is 217 g/mol. The molecule has 1 aromatic rings. The molecule has 0 aliphatic carbocycles. The Morgan fingerprint density at radius 1 is 1.47 bits per heavy atom. The highest BCUT2D eigenvalue weighted by Gasteiger charge is 2.25. The van der Waals surface area contributed by atoms with Crippen LogP contribution in [0.4, 0.5) is 0 Å². The Labute approximate surface area is 86.9 Å². The van der Waals surface area contributed by atoms with Crippen molar-refractivity contribution in [2.75, 3.05) is 24.9 Å². The van der Waals surface area contributed by atoms with E-state index in [1.54, 1.807) is 13.8 Å². The first-order valence-corrected chi connectivity index (χ1v) is 5.01. The van der Waals surface area contributed by atoms with Gasteiger partial charge in [0.15, 0.2) is 0 Å². The molecule has 2 heterocycles. The van der Waals surface area contributed by atoms with Crippen LogP contribution < -0.4 is 9.85 Å². The Balaban J connectivity index is 1.62. The molecule has 0 bridgehead atoms. The zero-order valence-electron chi connectivity index (χ0n) is 8.88. The average Bonchev–Trinajstić information content (AvgIpc) is 2.81. The summed E-state index contributed by atoms with van der Waals surface area (Å²) in [6.07, 6.45) is 1.16. The molecule has 1 fully saturated rings. The van der Waals surface area contributed by atoms with E-state index in [4.69, 9.17) is 14.2 Å². The minimum atomic E-state index is -0.285. The standard InChI is InChI=1S/C8H15N3O4/c1-7(2)8(12)13-6-14-11-10(15-11)9-4-3-5-9/h7H,3-6H2,1-2H3. The molecule has 0 saturated carbocycles. The molecule has 0 atom stereocenters. The molecule has 15 heavy (non-hydrogen) atoms. The molecule has 86 valence electrons. The van der Waals surface area contributed by atoms with Crippen molar-refractivity contribution in [2.45, 2.75) is 20.3 Å². The average molecular weight is 217 g/mol. The van der Waals surface area contributed by atoms with Gasteiger partial charge in [0.25, 0.3) is 6.79 Å². The third-order valence-corrected chi connectivity index (χ3v) is 2.17. The SMILES string of the molecule is CC(C)C(=O)OCOn1on1N1CCC1. The molecule has 1 saturated heterocycles. The van der Waals surface area contributed by atoms with Crippen molar-refractivity contribution in [1.29, 1.82) is 0 Å². The van der Waals surface area contributed by atoms with Gasteiger partial charge in [0.05, 0.1) is 5.92 Å². The fraction of sp³-hybridized carbons (Fsp3) is 0.875. The maximum Gasteiger partial charge on any atom is 0.311 e. The largest absolute Gasteiger partial charge is 0.425 e. The lowest BCUT2D eigenvalue weighted by Crippen LogP contribution is -2.44. The van der Waals surface area contributed by atoms with Crippen molar-refractivity contribution in [1.82, 2.24) is 9.98 Å². The van der Waals surface area contributed by atoms with Crippen molar-refractivity contribution in [3.05, 3.63) is 0 Å². The van der Waals surface area contributed by atoms with Crippen molar-refractivity contribution in [2.24, 2.45) is 5.92 Å². The van der Waals surface area contributed by atoms with Crippen LogP contribution in [0.15, 0.2) is 4.63 Å². The molecular weight excluding hydrogens is 202 g/mol. The maximum absolute atomic E-state index is 11.0. The summed E-state index contributed by atoms with van der Waals surface area (Å²) >= 11 is 0. The molecule has 1 aliphatic heterocycles. The fourth-order valence-electron chi connectivity index (χ4n) is 1.04. The zero-order chi connectivity index (χ0) is 10.8. The van der Waals surface area contributed by atoms with Gasteiger partial charge >= 0.3 is 5.97 Å². The minimum Gasteiger partial charge on any atom is -0.425 e. The fourth-order valence-corrected chi connectivity index (χ4v) is 1.04. The van der Waals surface area contributed by atoms with Gasteiger partial charge in [-0.15, -0.1) is 0 Å². The third kappa shape index (κ3) is 2.28. The normalized spacial score (nSPS) is 15.5. The van der Waals surface area contributed by atoms with Gasteiger partial charge in [-0.2, -0.15) is 4.63 Å². The van der Waals surface area contributed by atoms with Gasteiger partial charge in [0.2, 0.25) is 0 Å². The summed E-state index contributed by atoms with van der Waals surface area (Å²) in [6.45, 7) is 5.34. The van der Waals surface area contributed by atoms with Crippen LogP contribution in [0.2, 0.25) is 0 Å². The number of carbonyl (C=O) groups is 1. The second kappa shape index (κ2) is 3.92. The van der Waals surface area contributed by atoms with E-state index in [2.05, 4.69) is 0 Å². The molecular formula is C8H15N3O4. The Morgan fingerprint density at radius 3 is 2.73 bits per heavy atom. The van der Waals surface area contributed by atoms with Gasteiger partial charge in [0.1, 0.15) is 5.02 Å². The predicted octanol–water partition coefficient (Wildman–Crippen LogP) is -0.190. The van der Waals surface area contributed by atoms with E-state index in [-0.39, 0.29) is 18.7 Å². The van der Waals surface area contributed by atoms with E-state index in [1.807, 2.05) is 5.01 Å². The number of esters is 1. The number of hydrogen-bond acceptors (Lipinski definition) is 5. The van der Waals surface area contributed by atoms with E-state index in [1.165, 1.54) is 9.98 Å². The van der Waals surface area contributed by atoms with Crippen molar-refractivity contribution in [3.8, 4) is 0 Å². The number of ether oxygens (including phenoxy) is 1. The number of nitrogens with zero attached hydrogens (tertiary/aromatic N) is 3. The summed E-state index contributed by atoms with van der Waals surface area (Å²) in [6, 6.07) is 0. The number of rotatable bonds is 5. The van der Waals surface area contributed by atoms with Crippen LogP contribution in [0.3, 0.4) is 0 Å².